The Hall–Kier alpha value is -1.06. The molecule has 2 saturated heterocycles. The van der Waals surface area contributed by atoms with Gasteiger partial charge in [0.15, 0.2) is 0 Å². The lowest BCUT2D eigenvalue weighted by molar-refractivity contribution is -0.143. The smallest absolute Gasteiger partial charge is 0.373 e. The maximum Gasteiger partial charge on any atom is 0.401 e. The average Bonchev–Trinajstić information content (AvgIpc) is 2.87. The molecule has 146 valence electrons. The number of hydrogen-bond acceptors (Lipinski definition) is 4. The van der Waals surface area contributed by atoms with Gasteiger partial charge in [0, 0.05) is 45.3 Å². The van der Waals surface area contributed by atoms with Crippen molar-refractivity contribution in [2.75, 3.05) is 45.8 Å². The number of nitrogens with zero attached hydrogens (tertiary/aromatic N) is 2. The number of alkyl halides is 3. The Morgan fingerprint density at radius 2 is 1.84 bits per heavy atom. The van der Waals surface area contributed by atoms with Gasteiger partial charge in [-0.25, -0.2) is 4.79 Å². The van der Waals surface area contributed by atoms with Gasteiger partial charge >= 0.3 is 12.2 Å². The summed E-state index contributed by atoms with van der Waals surface area (Å²) >= 11 is 0. The van der Waals surface area contributed by atoms with Gasteiger partial charge in [0.2, 0.25) is 0 Å². The fraction of sp³-hybridized carbons (Fsp3) is 0.938. The number of carbonyl (C=O) groups is 1. The fourth-order valence-corrected chi connectivity index (χ4v) is 3.56. The molecule has 2 aliphatic heterocycles. The van der Waals surface area contributed by atoms with Gasteiger partial charge in [0.05, 0.1) is 18.8 Å². The Morgan fingerprint density at radius 3 is 2.48 bits per heavy atom. The molecule has 0 bridgehead atoms. The van der Waals surface area contributed by atoms with Crippen LogP contribution in [0.25, 0.3) is 0 Å². The molecule has 9 heteroatoms. The van der Waals surface area contributed by atoms with Gasteiger partial charge in [-0.2, -0.15) is 13.2 Å². The minimum atomic E-state index is -4.19. The number of urea groups is 1. The van der Waals surface area contributed by atoms with Crippen molar-refractivity contribution in [3.8, 4) is 0 Å². The van der Waals surface area contributed by atoms with Gasteiger partial charge in [-0.05, 0) is 26.7 Å². The molecule has 2 aliphatic rings. The first kappa shape index (κ1) is 20.3. The van der Waals surface area contributed by atoms with Gasteiger partial charge in [-0.1, -0.05) is 0 Å². The van der Waals surface area contributed by atoms with Crippen molar-refractivity contribution in [3.63, 3.8) is 0 Å². The summed E-state index contributed by atoms with van der Waals surface area (Å²) in [7, 11) is 0. The van der Waals surface area contributed by atoms with Crippen LogP contribution in [0.2, 0.25) is 0 Å². The highest BCUT2D eigenvalue weighted by atomic mass is 19.4. The normalized spacial score (nSPS) is 28.9. The monoisotopic (exact) mass is 366 g/mol. The molecule has 2 fully saturated rings. The van der Waals surface area contributed by atoms with Gasteiger partial charge in [0.1, 0.15) is 0 Å². The number of morpholine rings is 1. The Labute approximate surface area is 147 Å². The van der Waals surface area contributed by atoms with Crippen LogP contribution in [0.1, 0.15) is 26.7 Å². The summed E-state index contributed by atoms with van der Waals surface area (Å²) in [5, 5.41) is 5.54. The Kier molecular flexibility index (Phi) is 7.33. The highest BCUT2D eigenvalue weighted by molar-refractivity contribution is 5.74. The third kappa shape index (κ3) is 7.79. The first-order chi connectivity index (χ1) is 11.7. The zero-order valence-electron chi connectivity index (χ0n) is 14.9. The van der Waals surface area contributed by atoms with E-state index < -0.39 is 12.7 Å². The van der Waals surface area contributed by atoms with Gasteiger partial charge in [-0.15, -0.1) is 0 Å². The Morgan fingerprint density at radius 1 is 1.16 bits per heavy atom. The molecule has 2 rings (SSSR count). The number of amides is 2. The predicted octanol–water partition coefficient (Wildman–Crippen LogP) is 1.42. The van der Waals surface area contributed by atoms with Crippen molar-refractivity contribution in [3.05, 3.63) is 0 Å². The zero-order chi connectivity index (χ0) is 18.4. The van der Waals surface area contributed by atoms with Crippen molar-refractivity contribution in [1.29, 1.82) is 0 Å². The van der Waals surface area contributed by atoms with E-state index in [4.69, 9.17) is 4.74 Å². The minimum absolute atomic E-state index is 0.219. The molecule has 3 atom stereocenters. The van der Waals surface area contributed by atoms with Crippen LogP contribution in [0.5, 0.6) is 0 Å². The van der Waals surface area contributed by atoms with Crippen molar-refractivity contribution >= 4 is 6.03 Å². The van der Waals surface area contributed by atoms with E-state index in [0.29, 0.717) is 19.5 Å². The number of halogens is 3. The van der Waals surface area contributed by atoms with Gasteiger partial charge in [-0.3, -0.25) is 9.80 Å². The summed E-state index contributed by atoms with van der Waals surface area (Å²) in [6, 6.07) is -0.522. The summed E-state index contributed by atoms with van der Waals surface area (Å²) in [5.41, 5.74) is 0. The first-order valence-electron chi connectivity index (χ1n) is 8.92. The molecule has 0 unspecified atom stereocenters. The van der Waals surface area contributed by atoms with Crippen molar-refractivity contribution in [2.45, 2.75) is 51.1 Å². The second-order valence-corrected chi connectivity index (χ2v) is 7.11. The second-order valence-electron chi connectivity index (χ2n) is 7.11. The Bertz CT molecular complexity index is 426. The standard InChI is InChI=1S/C16H29F3N4O2/c1-12-8-22(9-13(2)25-12)6-3-5-20-15(24)21-14-4-7-23(10-14)11-16(17,18)19/h12-14H,3-11H2,1-2H3,(H2,20,21,24)/t12-,13+,14-/m1/s1. The van der Waals surface area contributed by atoms with E-state index in [1.54, 1.807) is 0 Å². The van der Waals surface area contributed by atoms with E-state index in [-0.39, 0.29) is 30.8 Å². The van der Waals surface area contributed by atoms with Crippen LogP contribution in [-0.4, -0.2) is 86.1 Å². The zero-order valence-corrected chi connectivity index (χ0v) is 14.9. The van der Waals surface area contributed by atoms with Crippen LogP contribution in [-0.2, 0) is 4.74 Å². The third-order valence-electron chi connectivity index (χ3n) is 4.44. The number of ether oxygens (including phenoxy) is 1. The molecule has 0 spiro atoms. The molecule has 6 nitrogen and oxygen atoms in total. The number of carbonyl (C=O) groups excluding carboxylic acids is 1. The lowest BCUT2D eigenvalue weighted by atomic mass is 10.2. The largest absolute Gasteiger partial charge is 0.401 e. The molecule has 2 amide bonds. The number of likely N-dealkylation sites (tertiary alicyclic amines) is 1. The highest BCUT2D eigenvalue weighted by Crippen LogP contribution is 2.19. The van der Waals surface area contributed by atoms with Crippen LogP contribution in [0.3, 0.4) is 0 Å². The number of rotatable bonds is 6. The summed E-state index contributed by atoms with van der Waals surface area (Å²) in [5.74, 6) is 0. The molecule has 2 heterocycles. The molecular formula is C16H29F3N4O2. The predicted molar refractivity (Wildman–Crippen MR) is 88.5 cm³/mol. The molecule has 0 aromatic heterocycles. The molecule has 0 radical (unpaired) electrons. The fourth-order valence-electron chi connectivity index (χ4n) is 3.56. The lowest BCUT2D eigenvalue weighted by Gasteiger charge is -2.35. The maximum atomic E-state index is 12.4. The second kappa shape index (κ2) is 9.05. The summed E-state index contributed by atoms with van der Waals surface area (Å²) < 4.78 is 42.7. The van der Waals surface area contributed by atoms with Crippen LogP contribution in [0, 0.1) is 0 Å². The number of hydrogen-bond donors (Lipinski definition) is 2. The van der Waals surface area contributed by atoms with Crippen molar-refractivity contribution < 1.29 is 22.7 Å². The average molecular weight is 366 g/mol. The van der Waals surface area contributed by atoms with E-state index in [1.165, 1.54) is 4.90 Å². The molecule has 0 aromatic rings. The first-order valence-corrected chi connectivity index (χ1v) is 8.92. The number of nitrogens with one attached hydrogen (secondary N) is 2. The van der Waals surface area contributed by atoms with Crippen LogP contribution >= 0.6 is 0 Å². The maximum absolute atomic E-state index is 12.4. The van der Waals surface area contributed by atoms with Crippen molar-refractivity contribution in [2.24, 2.45) is 0 Å². The van der Waals surface area contributed by atoms with Crippen LogP contribution < -0.4 is 10.6 Å². The molecule has 0 aromatic carbocycles. The minimum Gasteiger partial charge on any atom is -0.373 e. The SMILES string of the molecule is C[C@@H]1CN(CCCNC(=O)N[C@@H]2CCN(CC(F)(F)F)C2)C[C@H](C)O1. The van der Waals surface area contributed by atoms with Crippen LogP contribution in [0.4, 0.5) is 18.0 Å². The van der Waals surface area contributed by atoms with E-state index in [1.807, 2.05) is 0 Å². The molecule has 0 aliphatic carbocycles. The quantitative estimate of drug-likeness (QED) is 0.698. The van der Waals surface area contributed by atoms with E-state index in [0.717, 1.165) is 26.1 Å². The lowest BCUT2D eigenvalue weighted by Crippen LogP contribution is -2.47. The van der Waals surface area contributed by atoms with E-state index >= 15 is 0 Å². The third-order valence-corrected chi connectivity index (χ3v) is 4.44. The highest BCUT2D eigenvalue weighted by Gasteiger charge is 2.34. The summed E-state index contributed by atoms with van der Waals surface area (Å²) in [6.07, 6.45) is -2.36. The molecule has 25 heavy (non-hydrogen) atoms. The summed E-state index contributed by atoms with van der Waals surface area (Å²) in [4.78, 5) is 15.5. The van der Waals surface area contributed by atoms with E-state index in [9.17, 15) is 18.0 Å². The topological polar surface area (TPSA) is 56.8 Å². The Balaban J connectivity index is 1.56. The molecule has 0 saturated carbocycles. The summed E-state index contributed by atoms with van der Waals surface area (Å²) in [6.45, 7) is 7.03. The van der Waals surface area contributed by atoms with Crippen LogP contribution in [0.15, 0.2) is 0 Å². The van der Waals surface area contributed by atoms with Gasteiger partial charge in [0.25, 0.3) is 0 Å². The molecule has 2 N–H and O–H groups in total. The molecular weight excluding hydrogens is 337 g/mol. The van der Waals surface area contributed by atoms with Crippen molar-refractivity contribution in [1.82, 2.24) is 20.4 Å². The van der Waals surface area contributed by atoms with Gasteiger partial charge < -0.3 is 15.4 Å². The van der Waals surface area contributed by atoms with E-state index in [2.05, 4.69) is 29.4 Å².